The molecule has 0 unspecified atom stereocenters. The predicted molar refractivity (Wildman–Crippen MR) is 85.4 cm³/mol. The van der Waals surface area contributed by atoms with Crippen LogP contribution in [0.1, 0.15) is 54.9 Å². The lowest BCUT2D eigenvalue weighted by Crippen LogP contribution is -2.46. The van der Waals surface area contributed by atoms with E-state index in [9.17, 15) is 9.59 Å². The van der Waals surface area contributed by atoms with Gasteiger partial charge >= 0.3 is 0 Å². The average Bonchev–Trinajstić information content (AvgIpc) is 3.01. The number of hydrogen-bond acceptors (Lipinski definition) is 2. The number of amides is 2. The van der Waals surface area contributed by atoms with Gasteiger partial charge in [0.25, 0.3) is 5.91 Å². The summed E-state index contributed by atoms with van der Waals surface area (Å²) in [5, 5.41) is 2.77. The first-order valence-electron chi connectivity index (χ1n) is 8.29. The van der Waals surface area contributed by atoms with Gasteiger partial charge in [0.2, 0.25) is 5.91 Å². The topological polar surface area (TPSA) is 49.4 Å². The fourth-order valence-electron chi connectivity index (χ4n) is 3.86. The molecule has 1 heterocycles. The first-order chi connectivity index (χ1) is 10.6. The number of hydrogen-bond donors (Lipinski definition) is 1. The van der Waals surface area contributed by atoms with E-state index in [4.69, 9.17) is 0 Å². The molecule has 0 radical (unpaired) electrons. The average molecular weight is 300 g/mol. The molecule has 1 aliphatic carbocycles. The Morgan fingerprint density at radius 2 is 1.86 bits per heavy atom. The molecule has 2 atom stereocenters. The van der Waals surface area contributed by atoms with E-state index in [1.807, 2.05) is 24.3 Å². The Bertz CT molecular complexity index is 553. The first kappa shape index (κ1) is 15.1. The van der Waals surface area contributed by atoms with Crippen LogP contribution < -0.4 is 5.32 Å². The molecular formula is C18H24N2O2. The van der Waals surface area contributed by atoms with Crippen molar-refractivity contribution in [3.05, 3.63) is 35.4 Å². The van der Waals surface area contributed by atoms with Crippen molar-refractivity contribution in [2.45, 2.75) is 51.6 Å². The minimum Gasteiger partial charge on any atom is -0.352 e. The number of rotatable bonds is 3. The van der Waals surface area contributed by atoms with Crippen LogP contribution in [-0.2, 0) is 11.3 Å². The molecule has 1 aromatic carbocycles. The van der Waals surface area contributed by atoms with Gasteiger partial charge < -0.3 is 10.2 Å². The van der Waals surface area contributed by atoms with Crippen LogP contribution in [-0.4, -0.2) is 29.3 Å². The van der Waals surface area contributed by atoms with Crippen LogP contribution in [0.25, 0.3) is 0 Å². The zero-order chi connectivity index (χ0) is 15.5. The molecule has 0 aromatic heterocycles. The van der Waals surface area contributed by atoms with E-state index in [0.29, 0.717) is 12.6 Å². The number of nitrogens with one attached hydrogen (secondary N) is 1. The van der Waals surface area contributed by atoms with E-state index in [0.717, 1.165) is 36.4 Å². The third-order valence-electron chi connectivity index (χ3n) is 5.00. The van der Waals surface area contributed by atoms with Gasteiger partial charge in [0.05, 0.1) is 0 Å². The van der Waals surface area contributed by atoms with E-state index in [1.54, 1.807) is 0 Å². The largest absolute Gasteiger partial charge is 0.352 e. The Morgan fingerprint density at radius 1 is 1.14 bits per heavy atom. The Balaban J connectivity index is 1.67. The van der Waals surface area contributed by atoms with Crippen molar-refractivity contribution >= 4 is 11.8 Å². The lowest BCUT2D eigenvalue weighted by molar-refractivity contribution is -0.119. The number of fused-ring (bicyclic) bond motifs is 1. The molecule has 1 saturated carbocycles. The van der Waals surface area contributed by atoms with Crippen LogP contribution >= 0.6 is 0 Å². The van der Waals surface area contributed by atoms with Gasteiger partial charge in [0, 0.05) is 31.6 Å². The number of carbonyl (C=O) groups is 2. The molecule has 0 spiro atoms. The summed E-state index contributed by atoms with van der Waals surface area (Å²) in [6.07, 6.45) is 6.12. The number of nitrogens with zero attached hydrogens (tertiary/aromatic N) is 1. The molecule has 1 aromatic rings. The van der Waals surface area contributed by atoms with Crippen LogP contribution in [0.4, 0.5) is 0 Å². The minimum absolute atomic E-state index is 0.0410. The maximum atomic E-state index is 12.8. The molecule has 4 heteroatoms. The summed E-state index contributed by atoms with van der Waals surface area (Å²) in [5.41, 5.74) is 1.78. The van der Waals surface area contributed by atoms with Crippen molar-refractivity contribution in [3.8, 4) is 0 Å². The Kier molecular flexibility index (Phi) is 4.46. The molecule has 1 N–H and O–H groups in total. The summed E-state index contributed by atoms with van der Waals surface area (Å²) < 4.78 is 0. The molecule has 118 valence electrons. The van der Waals surface area contributed by atoms with Gasteiger partial charge in [-0.3, -0.25) is 9.59 Å². The second-order valence-electron chi connectivity index (χ2n) is 6.51. The van der Waals surface area contributed by atoms with Gasteiger partial charge in [-0.05, 0) is 49.3 Å². The van der Waals surface area contributed by atoms with E-state index >= 15 is 0 Å². The Hall–Kier alpha value is -1.84. The summed E-state index contributed by atoms with van der Waals surface area (Å²) in [4.78, 5) is 25.8. The first-order valence-corrected chi connectivity index (χ1v) is 8.29. The van der Waals surface area contributed by atoms with Gasteiger partial charge in [-0.15, -0.1) is 0 Å². The molecule has 2 aliphatic rings. The van der Waals surface area contributed by atoms with E-state index in [2.05, 4.69) is 10.2 Å². The molecule has 1 saturated heterocycles. The zero-order valence-corrected chi connectivity index (χ0v) is 13.2. The quantitative estimate of drug-likeness (QED) is 0.933. The highest BCUT2D eigenvalue weighted by molar-refractivity contribution is 5.94. The fraction of sp³-hybridized carbons (Fsp3) is 0.556. The maximum Gasteiger partial charge on any atom is 0.254 e. The highest BCUT2D eigenvalue weighted by atomic mass is 16.2. The van der Waals surface area contributed by atoms with Gasteiger partial charge in [-0.25, -0.2) is 0 Å². The van der Waals surface area contributed by atoms with Crippen molar-refractivity contribution in [2.75, 3.05) is 6.54 Å². The number of carbonyl (C=O) groups excluding carboxylic acids is 2. The summed E-state index contributed by atoms with van der Waals surface area (Å²) in [6.45, 7) is 2.91. The van der Waals surface area contributed by atoms with Crippen LogP contribution in [0.5, 0.6) is 0 Å². The molecule has 2 fully saturated rings. The van der Waals surface area contributed by atoms with Crippen molar-refractivity contribution in [1.82, 2.24) is 10.2 Å². The predicted octanol–water partition coefficient (Wildman–Crippen LogP) is 2.73. The van der Waals surface area contributed by atoms with Crippen LogP contribution in [0, 0.1) is 5.92 Å². The fourth-order valence-corrected chi connectivity index (χ4v) is 3.86. The summed E-state index contributed by atoms with van der Waals surface area (Å²) >= 11 is 0. The summed E-state index contributed by atoms with van der Waals surface area (Å²) in [5.74, 6) is 0.847. The molecule has 0 bridgehead atoms. The van der Waals surface area contributed by atoms with E-state index in [-0.39, 0.29) is 11.8 Å². The highest BCUT2D eigenvalue weighted by Crippen LogP contribution is 2.37. The van der Waals surface area contributed by atoms with Crippen LogP contribution in [0.3, 0.4) is 0 Å². The van der Waals surface area contributed by atoms with Gasteiger partial charge in [-0.2, -0.15) is 0 Å². The maximum absolute atomic E-state index is 12.8. The molecule has 22 heavy (non-hydrogen) atoms. The van der Waals surface area contributed by atoms with E-state index in [1.165, 1.54) is 26.2 Å². The number of benzene rings is 1. The number of likely N-dealkylation sites (tertiary alicyclic amines) is 1. The molecule has 3 rings (SSSR count). The zero-order valence-electron chi connectivity index (χ0n) is 13.2. The second-order valence-corrected chi connectivity index (χ2v) is 6.51. The van der Waals surface area contributed by atoms with Gasteiger partial charge in [0.15, 0.2) is 0 Å². The second kappa shape index (κ2) is 6.51. The van der Waals surface area contributed by atoms with Crippen molar-refractivity contribution in [3.63, 3.8) is 0 Å². The van der Waals surface area contributed by atoms with Crippen molar-refractivity contribution in [1.29, 1.82) is 0 Å². The molecule has 2 amide bonds. The number of piperidine rings is 1. The minimum atomic E-state index is -0.0410. The lowest BCUT2D eigenvalue weighted by atomic mass is 9.91. The van der Waals surface area contributed by atoms with Crippen molar-refractivity contribution in [2.24, 2.45) is 5.92 Å². The van der Waals surface area contributed by atoms with Gasteiger partial charge in [-0.1, -0.05) is 18.6 Å². The molecular weight excluding hydrogens is 276 g/mol. The van der Waals surface area contributed by atoms with Crippen molar-refractivity contribution < 1.29 is 9.59 Å². The van der Waals surface area contributed by atoms with Gasteiger partial charge in [0.1, 0.15) is 0 Å². The van der Waals surface area contributed by atoms with Crippen LogP contribution in [0.2, 0.25) is 0 Å². The third-order valence-corrected chi connectivity index (χ3v) is 5.00. The lowest BCUT2D eigenvalue weighted by Gasteiger charge is -2.37. The normalized spacial score (nSPS) is 24.0. The third kappa shape index (κ3) is 3.16. The summed E-state index contributed by atoms with van der Waals surface area (Å²) in [6, 6.07) is 8.09. The smallest absolute Gasteiger partial charge is 0.254 e. The van der Waals surface area contributed by atoms with Crippen LogP contribution in [0.15, 0.2) is 24.3 Å². The standard InChI is InChI=1S/C18H24N2O2/c1-13(21)19-12-14-7-9-16(10-8-14)18(22)20-11-3-5-15-4-2-6-17(15)20/h7-10,15,17H,2-6,11-12H2,1H3,(H,19,21)/t15-,17-/m0/s1. The SMILES string of the molecule is CC(=O)NCc1ccc(C(=O)N2CCC[C@@H]3CCC[C@@H]32)cc1. The highest BCUT2D eigenvalue weighted by Gasteiger charge is 2.37. The summed E-state index contributed by atoms with van der Waals surface area (Å²) in [7, 11) is 0. The molecule has 4 nitrogen and oxygen atoms in total. The Morgan fingerprint density at radius 3 is 2.59 bits per heavy atom. The Labute approximate surface area is 131 Å². The monoisotopic (exact) mass is 300 g/mol. The van der Waals surface area contributed by atoms with E-state index < -0.39 is 0 Å². The molecule has 1 aliphatic heterocycles.